The summed E-state index contributed by atoms with van der Waals surface area (Å²) in [5.41, 5.74) is 2.85. The predicted octanol–water partition coefficient (Wildman–Crippen LogP) is 5.87. The Morgan fingerprint density at radius 2 is 1.63 bits per heavy atom. The molecular formula is C31H44Cl2FN3O4. The van der Waals surface area contributed by atoms with E-state index in [-0.39, 0.29) is 16.9 Å². The Morgan fingerprint density at radius 1 is 1.00 bits per heavy atom. The van der Waals surface area contributed by atoms with E-state index in [1.165, 1.54) is 12.1 Å². The van der Waals surface area contributed by atoms with Crippen LogP contribution in [0.3, 0.4) is 0 Å². The summed E-state index contributed by atoms with van der Waals surface area (Å²) in [6, 6.07) is 10.5. The SMILES string of the molecule is CC(C)(C)C.O=CNCCCC1C[C@@H](O)[C@@H](O)C1.O=CNc1cc(Cl)c(F)cc1[C@@H]1CNCC1c1cccc(Cl)c1. The van der Waals surface area contributed by atoms with Crippen molar-refractivity contribution in [3.8, 4) is 0 Å². The third-order valence-electron chi connectivity index (χ3n) is 6.81. The van der Waals surface area contributed by atoms with Gasteiger partial charge in [0.25, 0.3) is 0 Å². The molecular weight excluding hydrogens is 568 g/mol. The molecule has 1 aliphatic heterocycles. The maximum absolute atomic E-state index is 14.0. The Morgan fingerprint density at radius 3 is 2.22 bits per heavy atom. The van der Waals surface area contributed by atoms with E-state index < -0.39 is 18.0 Å². The molecule has 2 fully saturated rings. The second kappa shape index (κ2) is 17.0. The lowest BCUT2D eigenvalue weighted by atomic mass is 9.83. The summed E-state index contributed by atoms with van der Waals surface area (Å²) in [6.07, 6.45) is 3.47. The molecule has 1 saturated carbocycles. The summed E-state index contributed by atoms with van der Waals surface area (Å²) in [5.74, 6) is 0.0810. The Hall–Kier alpha value is -2.23. The monoisotopic (exact) mass is 611 g/mol. The Bertz CT molecular complexity index is 1100. The van der Waals surface area contributed by atoms with E-state index in [9.17, 15) is 24.2 Å². The first kappa shape index (κ1) is 35.0. The summed E-state index contributed by atoms with van der Waals surface area (Å²) >= 11 is 11.9. The van der Waals surface area contributed by atoms with Gasteiger partial charge in [-0.15, -0.1) is 0 Å². The normalized spacial score (nSPS) is 23.5. The van der Waals surface area contributed by atoms with Crippen molar-refractivity contribution in [3.05, 3.63) is 63.4 Å². The number of anilines is 1. The highest BCUT2D eigenvalue weighted by Crippen LogP contribution is 2.41. The average Bonchev–Trinajstić information content (AvgIpc) is 3.50. The Labute approximate surface area is 253 Å². The van der Waals surface area contributed by atoms with E-state index in [1.807, 2.05) is 24.3 Å². The molecule has 2 aromatic carbocycles. The predicted molar refractivity (Wildman–Crippen MR) is 164 cm³/mol. The first-order valence-electron chi connectivity index (χ1n) is 14.0. The molecule has 1 saturated heterocycles. The van der Waals surface area contributed by atoms with Gasteiger partial charge in [-0.2, -0.15) is 0 Å². The number of hydrogen-bond donors (Lipinski definition) is 5. The summed E-state index contributed by atoms with van der Waals surface area (Å²) in [7, 11) is 0. The molecule has 2 unspecified atom stereocenters. The van der Waals surface area contributed by atoms with Crippen molar-refractivity contribution >= 4 is 41.7 Å². The van der Waals surface area contributed by atoms with Crippen molar-refractivity contribution in [2.45, 2.75) is 77.4 Å². The van der Waals surface area contributed by atoms with Crippen molar-refractivity contribution in [1.82, 2.24) is 10.6 Å². The fourth-order valence-electron chi connectivity index (χ4n) is 5.03. The zero-order valence-corrected chi connectivity index (χ0v) is 25.8. The van der Waals surface area contributed by atoms with Gasteiger partial charge in [0.15, 0.2) is 0 Å². The van der Waals surface area contributed by atoms with Crippen LogP contribution in [0.15, 0.2) is 36.4 Å². The number of amides is 2. The molecule has 5 N–H and O–H groups in total. The number of hydrogen-bond acceptors (Lipinski definition) is 5. The Balaban J connectivity index is 0.000000275. The topological polar surface area (TPSA) is 111 Å². The van der Waals surface area contributed by atoms with Crippen molar-refractivity contribution in [3.63, 3.8) is 0 Å². The van der Waals surface area contributed by atoms with Crippen LogP contribution in [0.4, 0.5) is 10.1 Å². The van der Waals surface area contributed by atoms with Gasteiger partial charge in [-0.05, 0) is 72.4 Å². The van der Waals surface area contributed by atoms with E-state index in [4.69, 9.17) is 23.2 Å². The van der Waals surface area contributed by atoms with Crippen LogP contribution in [0, 0.1) is 17.2 Å². The highest BCUT2D eigenvalue weighted by Gasteiger charge is 2.32. The molecule has 41 heavy (non-hydrogen) atoms. The minimum atomic E-state index is -0.538. The molecule has 4 rings (SSSR count). The van der Waals surface area contributed by atoms with E-state index in [2.05, 4.69) is 43.6 Å². The van der Waals surface area contributed by atoms with Crippen LogP contribution in [0.1, 0.15) is 76.3 Å². The molecule has 2 amide bonds. The van der Waals surface area contributed by atoms with Gasteiger partial charge in [-0.3, -0.25) is 9.59 Å². The van der Waals surface area contributed by atoms with Crippen molar-refractivity contribution in [1.29, 1.82) is 0 Å². The zero-order valence-electron chi connectivity index (χ0n) is 24.3. The number of rotatable bonds is 9. The number of aliphatic hydroxyl groups excluding tert-OH is 2. The lowest BCUT2D eigenvalue weighted by molar-refractivity contribution is -0.109. The molecule has 1 aliphatic carbocycles. The van der Waals surface area contributed by atoms with E-state index in [1.54, 1.807) is 0 Å². The third kappa shape index (κ3) is 12.3. The highest BCUT2D eigenvalue weighted by molar-refractivity contribution is 6.31. The molecule has 228 valence electrons. The van der Waals surface area contributed by atoms with E-state index in [0.717, 1.165) is 30.5 Å². The number of nitrogens with one attached hydrogen (secondary N) is 3. The fourth-order valence-corrected chi connectivity index (χ4v) is 5.39. The molecule has 0 bridgehead atoms. The van der Waals surface area contributed by atoms with Gasteiger partial charge in [-0.1, -0.05) is 63.0 Å². The fraction of sp³-hybridized carbons (Fsp3) is 0.548. The smallest absolute Gasteiger partial charge is 0.211 e. The van der Waals surface area contributed by atoms with Gasteiger partial charge in [0, 0.05) is 42.2 Å². The second-order valence-corrected chi connectivity index (χ2v) is 13.1. The number of benzene rings is 2. The summed E-state index contributed by atoms with van der Waals surface area (Å²) in [6.45, 7) is 10.9. The summed E-state index contributed by atoms with van der Waals surface area (Å²) in [5, 5.41) is 27.7. The summed E-state index contributed by atoms with van der Waals surface area (Å²) in [4.78, 5) is 20.8. The van der Waals surface area contributed by atoms with Crippen molar-refractivity contribution < 1.29 is 24.2 Å². The molecule has 0 aromatic heterocycles. The molecule has 2 aliphatic rings. The molecule has 7 nitrogen and oxygen atoms in total. The Kier molecular flexibility index (Phi) is 14.5. The maximum Gasteiger partial charge on any atom is 0.211 e. The number of carbonyl (C=O) groups is 2. The molecule has 10 heteroatoms. The van der Waals surface area contributed by atoms with Crippen molar-refractivity contribution in [2.75, 3.05) is 25.0 Å². The lowest BCUT2D eigenvalue weighted by Crippen LogP contribution is -2.17. The van der Waals surface area contributed by atoms with Crippen LogP contribution in [-0.4, -0.2) is 54.9 Å². The maximum atomic E-state index is 14.0. The molecule has 0 spiro atoms. The van der Waals surface area contributed by atoms with Gasteiger partial charge in [-0.25, -0.2) is 4.39 Å². The second-order valence-electron chi connectivity index (χ2n) is 12.2. The molecule has 0 radical (unpaired) electrons. The number of aliphatic hydroxyl groups is 2. The van der Waals surface area contributed by atoms with Gasteiger partial charge in [0.05, 0.1) is 17.2 Å². The first-order chi connectivity index (χ1) is 19.3. The van der Waals surface area contributed by atoms with Crippen LogP contribution in [0.25, 0.3) is 0 Å². The minimum Gasteiger partial charge on any atom is -0.390 e. The van der Waals surface area contributed by atoms with Crippen LogP contribution in [-0.2, 0) is 9.59 Å². The van der Waals surface area contributed by atoms with Crippen LogP contribution >= 0.6 is 23.2 Å². The molecule has 5 atom stereocenters. The average molecular weight is 613 g/mol. The standard InChI is InChI=1S/C17H15Cl2FN2O.C9H17NO3.C5H12/c18-11-3-1-2-10(4-11)13-7-21-8-14(13)12-5-16(20)15(19)6-17(12)22-9-23;11-6-10-3-1-2-7-4-8(12)9(13)5-7;1-5(2,3)4/h1-6,9,13-14,21H,7-8H2,(H,22,23);6-9,12-13H,1-5H2,(H,10,11);1-4H3/t13?,14-;7?,8-,9+;/m0../s1. The largest absolute Gasteiger partial charge is 0.390 e. The number of halogens is 3. The third-order valence-corrected chi connectivity index (χ3v) is 7.33. The summed E-state index contributed by atoms with van der Waals surface area (Å²) < 4.78 is 14.0. The van der Waals surface area contributed by atoms with Gasteiger partial charge in [0.2, 0.25) is 12.8 Å². The highest BCUT2D eigenvalue weighted by atomic mass is 35.5. The van der Waals surface area contributed by atoms with Gasteiger partial charge >= 0.3 is 0 Å². The van der Waals surface area contributed by atoms with Gasteiger partial charge < -0.3 is 26.2 Å². The number of carbonyl (C=O) groups excluding carboxylic acids is 2. The molecule has 1 heterocycles. The van der Waals surface area contributed by atoms with Crippen LogP contribution < -0.4 is 16.0 Å². The first-order valence-corrected chi connectivity index (χ1v) is 14.8. The lowest BCUT2D eigenvalue weighted by Gasteiger charge is -2.22. The zero-order chi connectivity index (χ0) is 30.6. The van der Waals surface area contributed by atoms with E-state index in [0.29, 0.717) is 60.8 Å². The minimum absolute atomic E-state index is 0.0108. The quantitative estimate of drug-likeness (QED) is 0.180. The van der Waals surface area contributed by atoms with Crippen LogP contribution in [0.2, 0.25) is 10.0 Å². The van der Waals surface area contributed by atoms with Gasteiger partial charge in [0.1, 0.15) is 5.82 Å². The molecule has 2 aromatic rings. The van der Waals surface area contributed by atoms with Crippen molar-refractivity contribution in [2.24, 2.45) is 11.3 Å². The van der Waals surface area contributed by atoms with E-state index >= 15 is 0 Å². The van der Waals surface area contributed by atoms with Crippen LogP contribution in [0.5, 0.6) is 0 Å².